The summed E-state index contributed by atoms with van der Waals surface area (Å²) in [5, 5.41) is 47.0. The first-order valence-corrected chi connectivity index (χ1v) is 6.06. The fourth-order valence-electron chi connectivity index (χ4n) is 1.95. The number of hydrogen-bond acceptors (Lipinski definition) is 8. The van der Waals surface area contributed by atoms with Gasteiger partial charge in [-0.25, -0.2) is 0 Å². The molecule has 0 bridgehead atoms. The van der Waals surface area contributed by atoms with Crippen LogP contribution in [0.5, 0.6) is 0 Å². The molecule has 1 heterocycles. The van der Waals surface area contributed by atoms with Crippen LogP contribution in [-0.2, 0) is 9.53 Å². The molecule has 0 unspecified atom stereocenters. The fourth-order valence-corrected chi connectivity index (χ4v) is 1.95. The molecular formula is C11H21NO7. The van der Waals surface area contributed by atoms with Gasteiger partial charge in [0.2, 0.25) is 0 Å². The fraction of sp³-hybridized carbons (Fsp3) is 0.909. The molecule has 0 saturated carbocycles. The summed E-state index contributed by atoms with van der Waals surface area (Å²) in [6, 6.07) is -1.12. The average Bonchev–Trinajstić information content (AvgIpc) is 2.38. The molecule has 0 aromatic carbocycles. The molecule has 1 fully saturated rings. The van der Waals surface area contributed by atoms with Gasteiger partial charge in [0.15, 0.2) is 5.78 Å². The molecule has 1 aliphatic rings. The van der Waals surface area contributed by atoms with E-state index in [1.807, 2.05) is 0 Å². The molecule has 8 heteroatoms. The number of aliphatic hydroxyl groups excluding tert-OH is 5. The Hall–Kier alpha value is -0.610. The van der Waals surface area contributed by atoms with Crippen molar-refractivity contribution in [1.29, 1.82) is 0 Å². The van der Waals surface area contributed by atoms with Crippen LogP contribution in [0.1, 0.15) is 13.3 Å². The van der Waals surface area contributed by atoms with E-state index in [1.54, 1.807) is 0 Å². The molecule has 112 valence electrons. The van der Waals surface area contributed by atoms with E-state index in [9.17, 15) is 25.2 Å². The number of aliphatic hydroxyl groups is 5. The topological polar surface area (TPSA) is 153 Å². The molecule has 0 aromatic heterocycles. The van der Waals surface area contributed by atoms with Crippen molar-refractivity contribution in [1.82, 2.24) is 0 Å². The van der Waals surface area contributed by atoms with Crippen LogP contribution < -0.4 is 5.73 Å². The largest absolute Gasteiger partial charge is 0.394 e. The van der Waals surface area contributed by atoms with Gasteiger partial charge in [0.05, 0.1) is 24.9 Å². The maximum atomic E-state index is 11.7. The maximum absolute atomic E-state index is 11.7. The predicted octanol–water partition coefficient (Wildman–Crippen LogP) is -3.50. The summed E-state index contributed by atoms with van der Waals surface area (Å²) in [5.74, 6) is -0.542. The highest BCUT2D eigenvalue weighted by molar-refractivity contribution is 5.84. The van der Waals surface area contributed by atoms with E-state index >= 15 is 0 Å². The van der Waals surface area contributed by atoms with Crippen molar-refractivity contribution >= 4 is 5.78 Å². The van der Waals surface area contributed by atoms with Gasteiger partial charge in [0.1, 0.15) is 24.4 Å². The molecule has 19 heavy (non-hydrogen) atoms. The van der Waals surface area contributed by atoms with Crippen LogP contribution in [0.2, 0.25) is 0 Å². The van der Waals surface area contributed by atoms with Gasteiger partial charge in [-0.15, -0.1) is 0 Å². The van der Waals surface area contributed by atoms with E-state index in [0.717, 1.165) is 0 Å². The Labute approximate surface area is 110 Å². The number of carbonyl (C=O) groups excluding carboxylic acids is 1. The average molecular weight is 279 g/mol. The third-order valence-corrected chi connectivity index (χ3v) is 3.29. The van der Waals surface area contributed by atoms with Crippen LogP contribution in [0.3, 0.4) is 0 Å². The summed E-state index contributed by atoms with van der Waals surface area (Å²) in [6.07, 6.45) is -7.97. The summed E-state index contributed by atoms with van der Waals surface area (Å²) in [6.45, 7) is 0.800. The Morgan fingerprint density at radius 2 is 1.74 bits per heavy atom. The van der Waals surface area contributed by atoms with Crippen molar-refractivity contribution in [3.63, 3.8) is 0 Å². The van der Waals surface area contributed by atoms with Crippen molar-refractivity contribution in [3.8, 4) is 0 Å². The second-order valence-electron chi connectivity index (χ2n) is 4.80. The molecule has 7 atom stereocenters. The van der Waals surface area contributed by atoms with Crippen molar-refractivity contribution < 1.29 is 35.1 Å². The van der Waals surface area contributed by atoms with Crippen LogP contribution in [0.25, 0.3) is 0 Å². The Kier molecular flexibility index (Phi) is 5.81. The lowest BCUT2D eigenvalue weighted by Crippen LogP contribution is -2.59. The molecule has 0 spiro atoms. The Morgan fingerprint density at radius 3 is 2.21 bits per heavy atom. The molecule has 7 N–H and O–H groups in total. The van der Waals surface area contributed by atoms with Crippen LogP contribution in [0.4, 0.5) is 0 Å². The highest BCUT2D eigenvalue weighted by Gasteiger charge is 2.44. The predicted molar refractivity (Wildman–Crippen MR) is 63.0 cm³/mol. The van der Waals surface area contributed by atoms with E-state index < -0.39 is 55.1 Å². The third-order valence-electron chi connectivity index (χ3n) is 3.29. The number of nitrogens with two attached hydrogens (primary N) is 1. The molecule has 0 aromatic rings. The first kappa shape index (κ1) is 16.4. The summed E-state index contributed by atoms with van der Waals surface area (Å²) in [5.41, 5.74) is 5.45. The Morgan fingerprint density at radius 1 is 1.21 bits per heavy atom. The minimum absolute atomic E-state index is 0.326. The van der Waals surface area contributed by atoms with E-state index in [0.29, 0.717) is 0 Å². The molecule has 0 radical (unpaired) electrons. The van der Waals surface area contributed by atoms with Crippen LogP contribution >= 0.6 is 0 Å². The number of rotatable bonds is 5. The SMILES string of the molecule is C[C@@H](O)[C@H](N)C(=O)C[C@@H]1O[C@H](CO)[C@@H](O)[C@H](O)[C@H]1O. The quantitative estimate of drug-likeness (QED) is 0.303. The minimum Gasteiger partial charge on any atom is -0.394 e. The molecular weight excluding hydrogens is 258 g/mol. The van der Waals surface area contributed by atoms with Gasteiger partial charge in [-0.3, -0.25) is 4.79 Å². The number of hydrogen-bond donors (Lipinski definition) is 6. The van der Waals surface area contributed by atoms with Gasteiger partial charge in [-0.1, -0.05) is 0 Å². The van der Waals surface area contributed by atoms with Crippen molar-refractivity contribution in [2.24, 2.45) is 5.73 Å². The lowest BCUT2D eigenvalue weighted by atomic mass is 9.91. The molecule has 1 aliphatic heterocycles. The monoisotopic (exact) mass is 279 g/mol. The Bertz CT molecular complexity index is 309. The summed E-state index contributed by atoms with van der Waals surface area (Å²) in [4.78, 5) is 11.7. The van der Waals surface area contributed by atoms with Crippen LogP contribution in [0, 0.1) is 0 Å². The highest BCUT2D eigenvalue weighted by atomic mass is 16.5. The van der Waals surface area contributed by atoms with E-state index in [1.165, 1.54) is 6.92 Å². The standard InChI is InChI=1S/C11H21NO7/c1-4(14)8(12)5(15)2-6-9(16)11(18)10(17)7(3-13)19-6/h4,6-11,13-14,16-18H,2-3,12H2,1H3/t4-,6+,7-,8+,9+,10-,11-/m1/s1. The zero-order chi connectivity index (χ0) is 14.7. The number of Topliss-reactive ketones (excluding diaryl/α,β-unsaturated/α-hetero) is 1. The normalized spacial score (nSPS) is 38.8. The molecule has 0 amide bonds. The van der Waals surface area contributed by atoms with Crippen LogP contribution in [-0.4, -0.2) is 80.6 Å². The zero-order valence-corrected chi connectivity index (χ0v) is 10.6. The number of ketones is 1. The first-order chi connectivity index (χ1) is 8.79. The number of carbonyl (C=O) groups is 1. The number of ether oxygens (including phenoxy) is 1. The Balaban J connectivity index is 2.69. The van der Waals surface area contributed by atoms with Gasteiger partial charge >= 0.3 is 0 Å². The van der Waals surface area contributed by atoms with Crippen molar-refractivity contribution in [2.45, 2.75) is 56.0 Å². The maximum Gasteiger partial charge on any atom is 0.154 e. The van der Waals surface area contributed by atoms with Gasteiger partial charge in [0.25, 0.3) is 0 Å². The first-order valence-electron chi connectivity index (χ1n) is 6.06. The second kappa shape index (κ2) is 6.71. The van der Waals surface area contributed by atoms with E-state index in [-0.39, 0.29) is 6.42 Å². The van der Waals surface area contributed by atoms with Crippen molar-refractivity contribution in [2.75, 3.05) is 6.61 Å². The second-order valence-corrected chi connectivity index (χ2v) is 4.80. The highest BCUT2D eigenvalue weighted by Crippen LogP contribution is 2.23. The lowest BCUT2D eigenvalue weighted by molar-refractivity contribution is -0.229. The zero-order valence-electron chi connectivity index (χ0n) is 10.6. The van der Waals surface area contributed by atoms with Crippen LogP contribution in [0.15, 0.2) is 0 Å². The van der Waals surface area contributed by atoms with Crippen molar-refractivity contribution in [3.05, 3.63) is 0 Å². The van der Waals surface area contributed by atoms with E-state index in [4.69, 9.17) is 15.6 Å². The van der Waals surface area contributed by atoms with Gasteiger partial charge in [0, 0.05) is 6.42 Å². The van der Waals surface area contributed by atoms with E-state index in [2.05, 4.69) is 0 Å². The summed E-state index contributed by atoms with van der Waals surface area (Å²) >= 11 is 0. The van der Waals surface area contributed by atoms with Gasteiger partial charge in [-0.2, -0.15) is 0 Å². The minimum atomic E-state index is -1.52. The summed E-state index contributed by atoms with van der Waals surface area (Å²) < 4.78 is 5.16. The van der Waals surface area contributed by atoms with Gasteiger partial charge in [-0.05, 0) is 6.92 Å². The molecule has 0 aliphatic carbocycles. The molecule has 8 nitrogen and oxygen atoms in total. The third kappa shape index (κ3) is 3.69. The molecule has 1 rings (SSSR count). The molecule has 1 saturated heterocycles. The van der Waals surface area contributed by atoms with Gasteiger partial charge < -0.3 is 36.0 Å². The smallest absolute Gasteiger partial charge is 0.154 e. The lowest BCUT2D eigenvalue weighted by Gasteiger charge is -2.40. The summed E-state index contributed by atoms with van der Waals surface area (Å²) in [7, 11) is 0.